The average Bonchev–Trinajstić information content (AvgIpc) is 2.50. The molecule has 2 rings (SSSR count). The topological polar surface area (TPSA) is 38.3 Å². The largest absolute Gasteiger partial charge is 0.484 e. The van der Waals surface area contributed by atoms with Gasteiger partial charge in [-0.1, -0.05) is 35.4 Å². The third-order valence-electron chi connectivity index (χ3n) is 4.05. The van der Waals surface area contributed by atoms with Crippen molar-refractivity contribution in [1.29, 1.82) is 0 Å². The summed E-state index contributed by atoms with van der Waals surface area (Å²) < 4.78 is 5.60. The van der Waals surface area contributed by atoms with Crippen molar-refractivity contribution >= 4 is 17.5 Å². The lowest BCUT2D eigenvalue weighted by Gasteiger charge is -2.17. The molecule has 0 saturated carbocycles. The quantitative estimate of drug-likeness (QED) is 0.842. The fraction of sp³-hybridized carbons (Fsp3) is 0.350. The normalized spacial score (nSPS) is 11.9. The van der Waals surface area contributed by atoms with Gasteiger partial charge >= 0.3 is 0 Å². The third kappa shape index (κ3) is 4.51. The molecule has 0 spiro atoms. The van der Waals surface area contributed by atoms with Crippen LogP contribution in [0.4, 0.5) is 0 Å². The molecule has 24 heavy (non-hydrogen) atoms. The van der Waals surface area contributed by atoms with Crippen LogP contribution in [0.15, 0.2) is 30.3 Å². The van der Waals surface area contributed by atoms with E-state index in [-0.39, 0.29) is 18.6 Å². The maximum atomic E-state index is 12.2. The van der Waals surface area contributed by atoms with E-state index < -0.39 is 0 Å². The molecule has 3 nitrogen and oxygen atoms in total. The monoisotopic (exact) mass is 345 g/mol. The first-order chi connectivity index (χ1) is 11.3. The molecule has 1 amide bonds. The highest BCUT2D eigenvalue weighted by Gasteiger charge is 2.13. The zero-order valence-electron chi connectivity index (χ0n) is 14.9. The molecule has 2 aromatic carbocycles. The van der Waals surface area contributed by atoms with Crippen molar-refractivity contribution in [3.63, 3.8) is 0 Å². The Morgan fingerprint density at radius 2 is 1.71 bits per heavy atom. The maximum absolute atomic E-state index is 12.2. The van der Waals surface area contributed by atoms with E-state index in [1.807, 2.05) is 32.9 Å². The molecule has 0 heterocycles. The van der Waals surface area contributed by atoms with Crippen LogP contribution in [0.3, 0.4) is 0 Å². The number of amides is 1. The molecule has 2 aromatic rings. The summed E-state index contributed by atoms with van der Waals surface area (Å²) in [5, 5.41) is 3.71. The van der Waals surface area contributed by atoms with E-state index in [1.54, 1.807) is 0 Å². The van der Waals surface area contributed by atoms with E-state index in [4.69, 9.17) is 16.3 Å². The van der Waals surface area contributed by atoms with Crippen LogP contribution in [0.1, 0.15) is 40.8 Å². The highest BCUT2D eigenvalue weighted by Crippen LogP contribution is 2.26. The van der Waals surface area contributed by atoms with Crippen molar-refractivity contribution in [3.8, 4) is 5.75 Å². The molecular formula is C20H24ClNO2. The van der Waals surface area contributed by atoms with E-state index in [2.05, 4.69) is 37.4 Å². The standard InChI is InChI=1S/C20H24ClNO2/c1-12-6-7-18(13(2)8-12)16(5)22-19(23)11-24-17-9-14(3)20(21)15(4)10-17/h6-10,16H,11H2,1-5H3,(H,22,23)/t16-/m1/s1. The molecule has 4 heteroatoms. The predicted molar refractivity (Wildman–Crippen MR) is 98.9 cm³/mol. The van der Waals surface area contributed by atoms with Gasteiger partial charge in [-0.05, 0) is 69.0 Å². The lowest BCUT2D eigenvalue weighted by Crippen LogP contribution is -2.31. The zero-order valence-corrected chi connectivity index (χ0v) is 15.6. The minimum Gasteiger partial charge on any atom is -0.484 e. The highest BCUT2D eigenvalue weighted by atomic mass is 35.5. The Morgan fingerprint density at radius 3 is 2.29 bits per heavy atom. The van der Waals surface area contributed by atoms with Crippen molar-refractivity contribution in [1.82, 2.24) is 5.32 Å². The number of ether oxygens (including phenoxy) is 1. The molecular weight excluding hydrogens is 322 g/mol. The number of benzene rings is 2. The predicted octanol–water partition coefficient (Wildman–Crippen LogP) is 4.83. The second-order valence-corrected chi connectivity index (χ2v) is 6.69. The third-order valence-corrected chi connectivity index (χ3v) is 4.65. The van der Waals surface area contributed by atoms with Gasteiger partial charge in [-0.15, -0.1) is 0 Å². The van der Waals surface area contributed by atoms with Crippen molar-refractivity contribution in [2.75, 3.05) is 6.61 Å². The van der Waals surface area contributed by atoms with Gasteiger partial charge in [0.15, 0.2) is 6.61 Å². The van der Waals surface area contributed by atoms with Crippen LogP contribution in [0.25, 0.3) is 0 Å². The second kappa shape index (κ2) is 7.71. The smallest absolute Gasteiger partial charge is 0.258 e. The molecule has 0 aliphatic rings. The van der Waals surface area contributed by atoms with Gasteiger partial charge in [-0.2, -0.15) is 0 Å². The van der Waals surface area contributed by atoms with Gasteiger partial charge in [0, 0.05) is 5.02 Å². The van der Waals surface area contributed by atoms with Gasteiger partial charge in [0.1, 0.15) is 5.75 Å². The summed E-state index contributed by atoms with van der Waals surface area (Å²) in [6.45, 7) is 9.92. The minimum atomic E-state index is -0.146. The van der Waals surface area contributed by atoms with Crippen molar-refractivity contribution in [2.45, 2.75) is 40.7 Å². The van der Waals surface area contributed by atoms with Crippen LogP contribution in [0.5, 0.6) is 5.75 Å². The number of hydrogen-bond donors (Lipinski definition) is 1. The number of carbonyl (C=O) groups is 1. The summed E-state index contributed by atoms with van der Waals surface area (Å²) in [4.78, 5) is 12.2. The summed E-state index contributed by atoms with van der Waals surface area (Å²) in [6.07, 6.45) is 0. The highest BCUT2D eigenvalue weighted by molar-refractivity contribution is 6.32. The number of nitrogens with one attached hydrogen (secondary N) is 1. The van der Waals surface area contributed by atoms with Crippen LogP contribution in [0, 0.1) is 27.7 Å². The average molecular weight is 346 g/mol. The summed E-state index contributed by atoms with van der Waals surface area (Å²) in [7, 11) is 0. The van der Waals surface area contributed by atoms with E-state index in [9.17, 15) is 4.79 Å². The molecule has 0 radical (unpaired) electrons. The summed E-state index contributed by atoms with van der Waals surface area (Å²) >= 11 is 6.14. The van der Waals surface area contributed by atoms with E-state index in [0.717, 1.165) is 21.7 Å². The van der Waals surface area contributed by atoms with Crippen molar-refractivity contribution in [3.05, 3.63) is 63.2 Å². The number of rotatable bonds is 5. The van der Waals surface area contributed by atoms with E-state index in [1.165, 1.54) is 11.1 Å². The molecule has 0 aromatic heterocycles. The fourth-order valence-electron chi connectivity index (χ4n) is 2.81. The number of carbonyl (C=O) groups excluding carboxylic acids is 1. The molecule has 0 unspecified atom stereocenters. The van der Waals surface area contributed by atoms with Gasteiger partial charge in [0.2, 0.25) is 0 Å². The Balaban J connectivity index is 1.96. The molecule has 1 atom stereocenters. The summed E-state index contributed by atoms with van der Waals surface area (Å²) in [5.41, 5.74) is 5.39. The molecule has 0 fully saturated rings. The Morgan fingerprint density at radius 1 is 1.08 bits per heavy atom. The molecule has 0 saturated heterocycles. The minimum absolute atomic E-state index is 0.0181. The maximum Gasteiger partial charge on any atom is 0.258 e. The van der Waals surface area contributed by atoms with Crippen LogP contribution in [-0.2, 0) is 4.79 Å². The number of aryl methyl sites for hydroxylation is 4. The molecule has 0 bridgehead atoms. The first-order valence-corrected chi connectivity index (χ1v) is 8.41. The summed E-state index contributed by atoms with van der Waals surface area (Å²) in [6, 6.07) is 9.86. The van der Waals surface area contributed by atoms with E-state index >= 15 is 0 Å². The Labute approximate surface area is 149 Å². The molecule has 1 N–H and O–H groups in total. The summed E-state index contributed by atoms with van der Waals surface area (Å²) in [5.74, 6) is 0.511. The fourth-order valence-corrected chi connectivity index (χ4v) is 2.92. The Bertz CT molecular complexity index is 732. The van der Waals surface area contributed by atoms with Gasteiger partial charge in [-0.3, -0.25) is 4.79 Å². The van der Waals surface area contributed by atoms with Crippen molar-refractivity contribution in [2.24, 2.45) is 0 Å². The Kier molecular flexibility index (Phi) is 5.89. The number of halogens is 1. The van der Waals surface area contributed by atoms with Crippen LogP contribution in [-0.4, -0.2) is 12.5 Å². The van der Waals surface area contributed by atoms with Crippen LogP contribution >= 0.6 is 11.6 Å². The zero-order chi connectivity index (χ0) is 17.9. The van der Waals surface area contributed by atoms with Crippen LogP contribution in [0.2, 0.25) is 5.02 Å². The second-order valence-electron chi connectivity index (χ2n) is 6.31. The van der Waals surface area contributed by atoms with Crippen LogP contribution < -0.4 is 10.1 Å². The van der Waals surface area contributed by atoms with Gasteiger partial charge in [0.25, 0.3) is 5.91 Å². The Hall–Kier alpha value is -2.00. The van der Waals surface area contributed by atoms with Gasteiger partial charge < -0.3 is 10.1 Å². The van der Waals surface area contributed by atoms with Gasteiger partial charge in [0.05, 0.1) is 6.04 Å². The van der Waals surface area contributed by atoms with Crippen molar-refractivity contribution < 1.29 is 9.53 Å². The lowest BCUT2D eigenvalue weighted by atomic mass is 10.0. The lowest BCUT2D eigenvalue weighted by molar-refractivity contribution is -0.123. The number of hydrogen-bond acceptors (Lipinski definition) is 2. The molecule has 0 aliphatic carbocycles. The first kappa shape index (κ1) is 18.3. The SMILES string of the molecule is Cc1ccc([C@@H](C)NC(=O)COc2cc(C)c(Cl)c(C)c2)c(C)c1. The molecule has 128 valence electrons. The van der Waals surface area contributed by atoms with E-state index in [0.29, 0.717) is 5.75 Å². The first-order valence-electron chi connectivity index (χ1n) is 8.04. The molecule has 0 aliphatic heterocycles. The van der Waals surface area contributed by atoms with Gasteiger partial charge in [-0.25, -0.2) is 0 Å².